The molecule has 0 spiro atoms. The number of hydrogen-bond donors (Lipinski definition) is 2. The van der Waals surface area contributed by atoms with Gasteiger partial charge in [0.25, 0.3) is 0 Å². The van der Waals surface area contributed by atoms with E-state index < -0.39 is 9.84 Å². The Labute approximate surface area is 115 Å². The van der Waals surface area contributed by atoms with Crippen molar-refractivity contribution in [1.29, 1.82) is 0 Å². The molecule has 0 radical (unpaired) electrons. The van der Waals surface area contributed by atoms with Crippen LogP contribution >= 0.6 is 0 Å². The van der Waals surface area contributed by atoms with Crippen molar-refractivity contribution in [3.8, 4) is 0 Å². The molecule has 5 heteroatoms. The molecule has 106 valence electrons. The third-order valence-corrected chi connectivity index (χ3v) is 4.94. The fraction of sp³-hybridized carbons (Fsp3) is 0.571. The minimum Gasteiger partial charge on any atom is -0.384 e. The average molecular weight is 282 g/mol. The molecule has 19 heavy (non-hydrogen) atoms. The van der Waals surface area contributed by atoms with Gasteiger partial charge in [-0.2, -0.15) is 0 Å². The summed E-state index contributed by atoms with van der Waals surface area (Å²) < 4.78 is 22.7. The Morgan fingerprint density at radius 1 is 1.21 bits per heavy atom. The molecule has 1 aliphatic rings. The second kappa shape index (κ2) is 5.51. The van der Waals surface area contributed by atoms with E-state index in [0.29, 0.717) is 10.3 Å². The van der Waals surface area contributed by atoms with E-state index in [0.717, 1.165) is 25.3 Å². The number of rotatable bonds is 4. The Morgan fingerprint density at radius 2 is 1.79 bits per heavy atom. The van der Waals surface area contributed by atoms with Crippen molar-refractivity contribution in [3.63, 3.8) is 0 Å². The second-order valence-corrected chi connectivity index (χ2v) is 7.73. The Balaban J connectivity index is 1.96. The van der Waals surface area contributed by atoms with Gasteiger partial charge in [0.2, 0.25) is 0 Å². The molecule has 4 nitrogen and oxygen atoms in total. The van der Waals surface area contributed by atoms with Crippen LogP contribution in [0.4, 0.5) is 5.69 Å². The zero-order valence-corrected chi connectivity index (χ0v) is 12.4. The van der Waals surface area contributed by atoms with Crippen LogP contribution in [-0.2, 0) is 9.84 Å². The Kier molecular flexibility index (Phi) is 4.16. The molecule has 0 amide bonds. The van der Waals surface area contributed by atoms with Crippen LogP contribution in [0.5, 0.6) is 0 Å². The third kappa shape index (κ3) is 3.94. The molecule has 1 aromatic rings. The lowest BCUT2D eigenvalue weighted by Gasteiger charge is -2.34. The molecular weight excluding hydrogens is 260 g/mol. The van der Waals surface area contributed by atoms with Gasteiger partial charge in [0.05, 0.1) is 4.90 Å². The van der Waals surface area contributed by atoms with Crippen LogP contribution in [0.2, 0.25) is 0 Å². The second-order valence-electron chi connectivity index (χ2n) is 5.71. The SMILES string of the molecule is CC1(CNc2ccc(S(C)(=O)=O)cc2)CCNCC1. The molecule has 1 fully saturated rings. The molecule has 0 aliphatic carbocycles. The molecule has 1 aromatic carbocycles. The molecule has 2 rings (SSSR count). The molecule has 1 aliphatic heterocycles. The molecule has 0 atom stereocenters. The molecule has 1 saturated heterocycles. The monoisotopic (exact) mass is 282 g/mol. The number of hydrogen-bond acceptors (Lipinski definition) is 4. The van der Waals surface area contributed by atoms with Gasteiger partial charge in [-0.05, 0) is 55.6 Å². The van der Waals surface area contributed by atoms with Crippen LogP contribution in [0, 0.1) is 5.41 Å². The summed E-state index contributed by atoms with van der Waals surface area (Å²) in [5.74, 6) is 0. The summed E-state index contributed by atoms with van der Waals surface area (Å²) in [6, 6.07) is 6.98. The van der Waals surface area contributed by atoms with E-state index in [1.54, 1.807) is 12.1 Å². The van der Waals surface area contributed by atoms with Crippen molar-refractivity contribution < 1.29 is 8.42 Å². The first-order valence-corrected chi connectivity index (χ1v) is 8.53. The summed E-state index contributed by atoms with van der Waals surface area (Å²) in [5.41, 5.74) is 1.30. The van der Waals surface area contributed by atoms with Gasteiger partial charge in [0.1, 0.15) is 0 Å². The van der Waals surface area contributed by atoms with Gasteiger partial charge < -0.3 is 10.6 Å². The van der Waals surface area contributed by atoms with Crippen molar-refractivity contribution in [2.75, 3.05) is 31.2 Å². The van der Waals surface area contributed by atoms with E-state index in [1.807, 2.05) is 12.1 Å². The first-order valence-electron chi connectivity index (χ1n) is 6.64. The fourth-order valence-corrected chi connectivity index (χ4v) is 2.97. The van der Waals surface area contributed by atoms with Gasteiger partial charge in [-0.3, -0.25) is 0 Å². The van der Waals surface area contributed by atoms with Crippen LogP contribution in [0.25, 0.3) is 0 Å². The zero-order chi connectivity index (χ0) is 13.9. The molecule has 1 heterocycles. The van der Waals surface area contributed by atoms with Gasteiger partial charge in [-0.15, -0.1) is 0 Å². The predicted octanol–water partition coefficient (Wildman–Crippen LogP) is 1.89. The normalized spacial score (nSPS) is 19.1. The maximum absolute atomic E-state index is 11.4. The van der Waals surface area contributed by atoms with Crippen LogP contribution in [0.3, 0.4) is 0 Å². The van der Waals surface area contributed by atoms with Crippen molar-refractivity contribution >= 4 is 15.5 Å². The Bertz CT molecular complexity index is 517. The maximum atomic E-state index is 11.4. The van der Waals surface area contributed by atoms with Crippen LogP contribution < -0.4 is 10.6 Å². The number of sulfone groups is 1. The Hall–Kier alpha value is -1.07. The summed E-state index contributed by atoms with van der Waals surface area (Å²) in [6.07, 6.45) is 3.56. The van der Waals surface area contributed by atoms with E-state index in [9.17, 15) is 8.42 Å². The first-order chi connectivity index (χ1) is 8.89. The molecule has 2 N–H and O–H groups in total. The molecule has 0 saturated carbocycles. The van der Waals surface area contributed by atoms with Crippen LogP contribution in [-0.4, -0.2) is 34.3 Å². The molecule has 0 aromatic heterocycles. The topological polar surface area (TPSA) is 58.2 Å². The van der Waals surface area contributed by atoms with E-state index in [-0.39, 0.29) is 0 Å². The number of anilines is 1. The Morgan fingerprint density at radius 3 is 2.32 bits per heavy atom. The van der Waals surface area contributed by atoms with E-state index in [4.69, 9.17) is 0 Å². The largest absolute Gasteiger partial charge is 0.384 e. The minimum atomic E-state index is -3.10. The number of nitrogens with one attached hydrogen (secondary N) is 2. The summed E-state index contributed by atoms with van der Waals surface area (Å²) in [6.45, 7) is 5.37. The fourth-order valence-electron chi connectivity index (χ4n) is 2.34. The smallest absolute Gasteiger partial charge is 0.175 e. The van der Waals surface area contributed by atoms with Crippen molar-refractivity contribution in [2.24, 2.45) is 5.41 Å². The lowest BCUT2D eigenvalue weighted by atomic mass is 9.81. The van der Waals surface area contributed by atoms with Crippen LogP contribution in [0.15, 0.2) is 29.2 Å². The standard InChI is InChI=1S/C14H22N2O2S/c1-14(7-9-15-10-8-14)11-16-12-3-5-13(6-4-12)19(2,17)18/h3-6,15-16H,7-11H2,1-2H3. The van der Waals surface area contributed by atoms with Gasteiger partial charge in [-0.1, -0.05) is 6.92 Å². The van der Waals surface area contributed by atoms with E-state index in [2.05, 4.69) is 17.6 Å². The zero-order valence-electron chi connectivity index (χ0n) is 11.6. The summed E-state index contributed by atoms with van der Waals surface area (Å²) >= 11 is 0. The predicted molar refractivity (Wildman–Crippen MR) is 78.3 cm³/mol. The minimum absolute atomic E-state index is 0.320. The summed E-state index contributed by atoms with van der Waals surface area (Å²) in [5, 5.41) is 6.78. The lowest BCUT2D eigenvalue weighted by molar-refractivity contribution is 0.247. The average Bonchev–Trinajstić information content (AvgIpc) is 2.37. The van der Waals surface area contributed by atoms with E-state index >= 15 is 0 Å². The maximum Gasteiger partial charge on any atom is 0.175 e. The highest BCUT2D eigenvalue weighted by Crippen LogP contribution is 2.28. The van der Waals surface area contributed by atoms with Crippen molar-refractivity contribution in [1.82, 2.24) is 5.32 Å². The van der Waals surface area contributed by atoms with Gasteiger partial charge in [0, 0.05) is 18.5 Å². The van der Waals surface area contributed by atoms with Gasteiger partial charge in [0.15, 0.2) is 9.84 Å². The quantitative estimate of drug-likeness (QED) is 0.885. The summed E-state index contributed by atoms with van der Waals surface area (Å²) in [4.78, 5) is 0.367. The number of benzene rings is 1. The highest BCUT2D eigenvalue weighted by atomic mass is 32.2. The highest BCUT2D eigenvalue weighted by molar-refractivity contribution is 7.90. The first kappa shape index (κ1) is 14.3. The third-order valence-electron chi connectivity index (χ3n) is 3.81. The van der Waals surface area contributed by atoms with Crippen LogP contribution in [0.1, 0.15) is 19.8 Å². The van der Waals surface area contributed by atoms with Crippen molar-refractivity contribution in [3.05, 3.63) is 24.3 Å². The molecular formula is C14H22N2O2S. The molecule has 0 bridgehead atoms. The lowest BCUT2D eigenvalue weighted by Crippen LogP contribution is -2.39. The highest BCUT2D eigenvalue weighted by Gasteiger charge is 2.26. The molecule has 0 unspecified atom stereocenters. The number of piperidine rings is 1. The summed E-state index contributed by atoms with van der Waals surface area (Å²) in [7, 11) is -3.10. The van der Waals surface area contributed by atoms with Crippen molar-refractivity contribution in [2.45, 2.75) is 24.7 Å². The van der Waals surface area contributed by atoms with E-state index in [1.165, 1.54) is 19.1 Å². The van der Waals surface area contributed by atoms with Gasteiger partial charge >= 0.3 is 0 Å². The van der Waals surface area contributed by atoms with Gasteiger partial charge in [-0.25, -0.2) is 8.42 Å².